The fourth-order valence-corrected chi connectivity index (χ4v) is 5.72. The van der Waals surface area contributed by atoms with Gasteiger partial charge in [0, 0.05) is 12.5 Å². The zero-order valence-electron chi connectivity index (χ0n) is 15.1. The first-order valence-electron chi connectivity index (χ1n) is 9.34. The third-order valence-electron chi connectivity index (χ3n) is 5.72. The third-order valence-corrected chi connectivity index (χ3v) is 7.20. The number of allylic oxidation sites excluding steroid dienone is 1. The second-order valence-corrected chi connectivity index (χ2v) is 9.30. The molecule has 0 radical (unpaired) electrons. The van der Waals surface area contributed by atoms with Crippen molar-refractivity contribution in [3.63, 3.8) is 0 Å². The fraction of sp³-hybridized carbons (Fsp3) is 0.550. The first-order valence-corrected chi connectivity index (χ1v) is 10.8. The number of carboxylic acid groups (broad SMARTS) is 1. The van der Waals surface area contributed by atoms with Crippen molar-refractivity contribution >= 4 is 16.0 Å². The van der Waals surface area contributed by atoms with Gasteiger partial charge in [-0.2, -0.15) is 0 Å². The lowest BCUT2D eigenvalue weighted by atomic mass is 9.84. The Morgan fingerprint density at radius 2 is 1.92 bits per heavy atom. The van der Waals surface area contributed by atoms with Crippen molar-refractivity contribution in [3.8, 4) is 0 Å². The van der Waals surface area contributed by atoms with Crippen LogP contribution in [0.4, 0.5) is 0 Å². The number of benzene rings is 1. The Labute approximate surface area is 155 Å². The van der Waals surface area contributed by atoms with E-state index in [9.17, 15) is 13.2 Å². The van der Waals surface area contributed by atoms with Gasteiger partial charge >= 0.3 is 5.97 Å². The number of unbranched alkanes of at least 4 members (excludes halogenated alkanes) is 1. The number of aryl methyl sites for hydroxylation is 1. The molecule has 26 heavy (non-hydrogen) atoms. The highest BCUT2D eigenvalue weighted by Gasteiger charge is 2.47. The molecule has 4 atom stereocenters. The van der Waals surface area contributed by atoms with E-state index < -0.39 is 16.0 Å². The van der Waals surface area contributed by atoms with E-state index in [4.69, 9.17) is 5.11 Å². The zero-order chi connectivity index (χ0) is 18.7. The average Bonchev–Trinajstić information content (AvgIpc) is 3.17. The predicted molar refractivity (Wildman–Crippen MR) is 100 cm³/mol. The van der Waals surface area contributed by atoms with Gasteiger partial charge in [-0.15, -0.1) is 0 Å². The molecule has 0 aliphatic heterocycles. The highest BCUT2D eigenvalue weighted by atomic mass is 32.2. The highest BCUT2D eigenvalue weighted by Crippen LogP contribution is 2.49. The molecule has 0 heterocycles. The molecule has 2 aliphatic carbocycles. The third kappa shape index (κ3) is 4.35. The van der Waals surface area contributed by atoms with Gasteiger partial charge in [-0.25, -0.2) is 13.1 Å². The Morgan fingerprint density at radius 1 is 1.23 bits per heavy atom. The average molecular weight is 378 g/mol. The lowest BCUT2D eigenvalue weighted by molar-refractivity contribution is -0.137. The lowest BCUT2D eigenvalue weighted by Gasteiger charge is -2.29. The SMILES string of the molecule is Cc1ccc(S(=O)(=O)NC2C3CCC(C3)C2/C=C\CCCC(=O)O)cc1. The van der Waals surface area contributed by atoms with Crippen molar-refractivity contribution in [2.24, 2.45) is 17.8 Å². The number of hydrogen-bond donors (Lipinski definition) is 2. The monoisotopic (exact) mass is 377 g/mol. The Kier molecular flexibility index (Phi) is 5.82. The summed E-state index contributed by atoms with van der Waals surface area (Å²) in [4.78, 5) is 10.9. The summed E-state index contributed by atoms with van der Waals surface area (Å²) in [5.41, 5.74) is 1.03. The summed E-state index contributed by atoms with van der Waals surface area (Å²) in [6, 6.07) is 6.88. The molecule has 0 spiro atoms. The Bertz CT molecular complexity index is 770. The van der Waals surface area contributed by atoms with E-state index in [0.717, 1.165) is 31.2 Å². The molecule has 2 aliphatic rings. The smallest absolute Gasteiger partial charge is 0.303 e. The minimum Gasteiger partial charge on any atom is -0.481 e. The van der Waals surface area contributed by atoms with Crippen LogP contribution < -0.4 is 4.72 Å². The number of rotatable bonds is 8. The fourth-order valence-electron chi connectivity index (χ4n) is 4.38. The topological polar surface area (TPSA) is 83.5 Å². The molecule has 6 heteroatoms. The highest BCUT2D eigenvalue weighted by molar-refractivity contribution is 7.89. The summed E-state index contributed by atoms with van der Waals surface area (Å²) in [6.45, 7) is 1.94. The molecule has 2 bridgehead atoms. The minimum absolute atomic E-state index is 0.0595. The number of carbonyl (C=O) groups is 1. The number of hydrogen-bond acceptors (Lipinski definition) is 3. The van der Waals surface area contributed by atoms with Crippen LogP contribution in [0, 0.1) is 24.7 Å². The van der Waals surface area contributed by atoms with Crippen LogP contribution in [0.5, 0.6) is 0 Å². The number of nitrogens with one attached hydrogen (secondary N) is 1. The van der Waals surface area contributed by atoms with Gasteiger partial charge in [0.25, 0.3) is 0 Å². The van der Waals surface area contributed by atoms with Gasteiger partial charge in [-0.3, -0.25) is 4.79 Å². The maximum absolute atomic E-state index is 12.8. The van der Waals surface area contributed by atoms with Crippen LogP contribution in [-0.2, 0) is 14.8 Å². The Morgan fingerprint density at radius 3 is 2.62 bits per heavy atom. The zero-order valence-corrected chi connectivity index (χ0v) is 15.9. The molecule has 3 rings (SSSR count). The van der Waals surface area contributed by atoms with Crippen LogP contribution in [0.3, 0.4) is 0 Å². The van der Waals surface area contributed by atoms with E-state index in [0.29, 0.717) is 23.2 Å². The molecule has 1 aromatic rings. The molecule has 0 aromatic heterocycles. The molecule has 2 N–H and O–H groups in total. The van der Waals surface area contributed by atoms with Gasteiger partial charge in [0.2, 0.25) is 10.0 Å². The number of carboxylic acids is 1. The Balaban J connectivity index is 1.67. The second-order valence-electron chi connectivity index (χ2n) is 7.58. The number of aliphatic carboxylic acids is 1. The van der Waals surface area contributed by atoms with Crippen molar-refractivity contribution in [2.45, 2.75) is 56.4 Å². The van der Waals surface area contributed by atoms with Gasteiger partial charge in [-0.05, 0) is 68.9 Å². The quantitative estimate of drug-likeness (QED) is 0.536. The summed E-state index contributed by atoms with van der Waals surface area (Å²) < 4.78 is 28.5. The maximum Gasteiger partial charge on any atom is 0.303 e. The lowest BCUT2D eigenvalue weighted by Crippen LogP contribution is -2.43. The summed E-state index contributed by atoms with van der Waals surface area (Å²) >= 11 is 0. The molecule has 4 unspecified atom stereocenters. The van der Waals surface area contributed by atoms with Crippen LogP contribution in [0.15, 0.2) is 41.3 Å². The van der Waals surface area contributed by atoms with Crippen LogP contribution in [-0.4, -0.2) is 25.5 Å². The van der Waals surface area contributed by atoms with Crippen molar-refractivity contribution < 1.29 is 18.3 Å². The van der Waals surface area contributed by atoms with Crippen LogP contribution in [0.25, 0.3) is 0 Å². The van der Waals surface area contributed by atoms with E-state index in [-0.39, 0.29) is 18.4 Å². The molecular formula is C20H27NO4S. The summed E-state index contributed by atoms with van der Waals surface area (Å²) in [7, 11) is -3.52. The van der Waals surface area contributed by atoms with Crippen molar-refractivity contribution in [1.82, 2.24) is 4.72 Å². The van der Waals surface area contributed by atoms with E-state index in [2.05, 4.69) is 10.8 Å². The van der Waals surface area contributed by atoms with E-state index in [1.807, 2.05) is 25.1 Å². The normalized spacial score (nSPS) is 28.0. The van der Waals surface area contributed by atoms with Crippen LogP contribution >= 0.6 is 0 Å². The molecule has 142 valence electrons. The molecule has 2 fully saturated rings. The molecule has 0 saturated heterocycles. The Hall–Kier alpha value is -1.66. The maximum atomic E-state index is 12.8. The largest absolute Gasteiger partial charge is 0.481 e. The van der Waals surface area contributed by atoms with Crippen molar-refractivity contribution in [1.29, 1.82) is 0 Å². The number of fused-ring (bicyclic) bond motifs is 2. The molecule has 2 saturated carbocycles. The summed E-state index contributed by atoms with van der Waals surface area (Å²) in [5.74, 6) is 0.358. The summed E-state index contributed by atoms with van der Waals surface area (Å²) in [6.07, 6.45) is 8.96. The van der Waals surface area contributed by atoms with Gasteiger partial charge in [0.1, 0.15) is 0 Å². The second kappa shape index (κ2) is 7.92. The minimum atomic E-state index is -3.52. The van der Waals surface area contributed by atoms with Gasteiger partial charge in [0.05, 0.1) is 4.90 Å². The van der Waals surface area contributed by atoms with Gasteiger partial charge in [0.15, 0.2) is 0 Å². The van der Waals surface area contributed by atoms with Crippen LogP contribution in [0.2, 0.25) is 0 Å². The van der Waals surface area contributed by atoms with E-state index in [1.54, 1.807) is 12.1 Å². The molecule has 0 amide bonds. The first kappa shape index (κ1) is 19.1. The van der Waals surface area contributed by atoms with Crippen molar-refractivity contribution in [2.75, 3.05) is 0 Å². The van der Waals surface area contributed by atoms with Crippen molar-refractivity contribution in [3.05, 3.63) is 42.0 Å². The van der Waals surface area contributed by atoms with E-state index in [1.165, 1.54) is 0 Å². The molecule has 1 aromatic carbocycles. The first-order chi connectivity index (χ1) is 12.4. The van der Waals surface area contributed by atoms with Gasteiger partial charge in [-0.1, -0.05) is 29.8 Å². The molecular weight excluding hydrogens is 350 g/mol. The van der Waals surface area contributed by atoms with Gasteiger partial charge < -0.3 is 5.11 Å². The standard InChI is InChI=1S/C20H27NO4S/c1-14-7-11-17(12-8-14)26(24,25)21-20-16-10-9-15(13-16)18(20)5-3-2-4-6-19(22)23/h3,5,7-8,11-12,15-16,18,20-21H,2,4,6,9-10,13H2,1H3,(H,22,23)/b5-3-. The predicted octanol–water partition coefficient (Wildman–Crippen LogP) is 3.50. The molecule has 5 nitrogen and oxygen atoms in total. The van der Waals surface area contributed by atoms with E-state index >= 15 is 0 Å². The summed E-state index contributed by atoms with van der Waals surface area (Å²) in [5, 5.41) is 8.70. The number of sulfonamides is 1. The van der Waals surface area contributed by atoms with Crippen LogP contribution in [0.1, 0.15) is 44.1 Å².